The minimum Gasteiger partial charge on any atom is -0.425 e. The molecule has 0 saturated carbocycles. The maximum Gasteiger partial charge on any atom is 0.242 e. The van der Waals surface area contributed by atoms with Crippen molar-refractivity contribution in [1.29, 1.82) is 0 Å². The van der Waals surface area contributed by atoms with Gasteiger partial charge in [0.15, 0.2) is 0 Å². The van der Waals surface area contributed by atoms with Crippen LogP contribution in [0.15, 0.2) is 23.9 Å². The first-order chi connectivity index (χ1) is 4.34. The van der Waals surface area contributed by atoms with E-state index in [4.69, 9.17) is 0 Å². The summed E-state index contributed by atoms with van der Waals surface area (Å²) in [5.74, 6) is 0. The summed E-state index contributed by atoms with van der Waals surface area (Å²) in [5, 5.41) is 0. The van der Waals surface area contributed by atoms with E-state index in [1.165, 1.54) is 5.70 Å². The van der Waals surface area contributed by atoms with E-state index in [9.17, 15) is 0 Å². The Morgan fingerprint density at radius 3 is 2.89 bits per heavy atom. The molecule has 0 fully saturated rings. The standard InChI is InChI=1S/C7H11BN/c1-8-9(2)7-5-3-4-6-7/h3-5H,6H2,1-2H3. The van der Waals surface area contributed by atoms with Gasteiger partial charge in [0.25, 0.3) is 0 Å². The summed E-state index contributed by atoms with van der Waals surface area (Å²) in [6.45, 7) is 2.04. The van der Waals surface area contributed by atoms with E-state index in [-0.39, 0.29) is 0 Å². The fourth-order valence-corrected chi connectivity index (χ4v) is 0.863. The van der Waals surface area contributed by atoms with Crippen molar-refractivity contribution in [1.82, 2.24) is 4.81 Å². The molecule has 1 radical (unpaired) electrons. The average Bonchev–Trinajstić information content (AvgIpc) is 2.37. The van der Waals surface area contributed by atoms with Crippen molar-refractivity contribution < 1.29 is 0 Å². The summed E-state index contributed by atoms with van der Waals surface area (Å²) < 4.78 is 0. The zero-order valence-electron chi connectivity index (χ0n) is 5.96. The zero-order chi connectivity index (χ0) is 6.69. The van der Waals surface area contributed by atoms with Crippen molar-refractivity contribution in [2.75, 3.05) is 7.05 Å². The van der Waals surface area contributed by atoms with Crippen molar-refractivity contribution in [3.8, 4) is 0 Å². The Morgan fingerprint density at radius 1 is 1.67 bits per heavy atom. The molecule has 0 spiro atoms. The van der Waals surface area contributed by atoms with Gasteiger partial charge in [-0.25, -0.2) is 0 Å². The fraction of sp³-hybridized carbons (Fsp3) is 0.429. The molecule has 2 heteroatoms. The first kappa shape index (κ1) is 6.46. The highest BCUT2D eigenvalue weighted by Crippen LogP contribution is 2.11. The average molecular weight is 120 g/mol. The molecule has 0 heterocycles. The molecule has 1 aliphatic rings. The predicted octanol–water partition coefficient (Wildman–Crippen LogP) is 1.43. The summed E-state index contributed by atoms with van der Waals surface area (Å²) in [6.07, 6.45) is 7.48. The molecule has 9 heavy (non-hydrogen) atoms. The molecular formula is C7H11BN. The van der Waals surface area contributed by atoms with Crippen LogP contribution in [0.2, 0.25) is 6.82 Å². The second-order valence-corrected chi connectivity index (χ2v) is 2.16. The maximum atomic E-state index is 2.16. The largest absolute Gasteiger partial charge is 0.425 e. The Labute approximate surface area is 57.3 Å². The molecule has 0 amide bonds. The topological polar surface area (TPSA) is 3.24 Å². The highest BCUT2D eigenvalue weighted by Gasteiger charge is 2.02. The Hall–Kier alpha value is -0.655. The molecule has 0 saturated heterocycles. The summed E-state index contributed by atoms with van der Waals surface area (Å²) in [7, 11) is 4.14. The van der Waals surface area contributed by atoms with Gasteiger partial charge >= 0.3 is 0 Å². The molecule has 1 aliphatic carbocycles. The molecule has 0 bridgehead atoms. The molecule has 0 aromatic heterocycles. The number of hydrogen-bond acceptors (Lipinski definition) is 1. The van der Waals surface area contributed by atoms with Gasteiger partial charge in [-0.05, 0) is 13.1 Å². The summed E-state index contributed by atoms with van der Waals surface area (Å²) in [6, 6.07) is 0. The van der Waals surface area contributed by atoms with Crippen LogP contribution in [0.5, 0.6) is 0 Å². The Balaban J connectivity index is 2.45. The van der Waals surface area contributed by atoms with E-state index in [1.807, 2.05) is 6.82 Å². The lowest BCUT2D eigenvalue weighted by Crippen LogP contribution is -2.18. The van der Waals surface area contributed by atoms with Gasteiger partial charge in [0.05, 0.1) is 0 Å². The van der Waals surface area contributed by atoms with Crippen LogP contribution in [0.4, 0.5) is 0 Å². The first-order valence-corrected chi connectivity index (χ1v) is 3.22. The minimum absolute atomic E-state index is 1.08. The number of allylic oxidation sites excluding steroid dienone is 3. The van der Waals surface area contributed by atoms with Crippen LogP contribution in [0.3, 0.4) is 0 Å². The van der Waals surface area contributed by atoms with E-state index in [0.717, 1.165) is 6.42 Å². The van der Waals surface area contributed by atoms with E-state index in [1.54, 1.807) is 0 Å². The van der Waals surface area contributed by atoms with Crippen molar-refractivity contribution in [3.05, 3.63) is 23.9 Å². The molecule has 0 aliphatic heterocycles. The summed E-state index contributed by atoms with van der Waals surface area (Å²) in [4.78, 5) is 2.14. The van der Waals surface area contributed by atoms with Gasteiger partial charge < -0.3 is 4.81 Å². The second-order valence-electron chi connectivity index (χ2n) is 2.16. The van der Waals surface area contributed by atoms with Crippen LogP contribution in [0.25, 0.3) is 0 Å². The number of hydrogen-bond donors (Lipinski definition) is 0. The van der Waals surface area contributed by atoms with E-state index >= 15 is 0 Å². The van der Waals surface area contributed by atoms with Crippen molar-refractivity contribution in [3.63, 3.8) is 0 Å². The van der Waals surface area contributed by atoms with Crippen LogP contribution in [0.1, 0.15) is 6.42 Å². The molecule has 0 aromatic rings. The highest BCUT2D eigenvalue weighted by molar-refractivity contribution is 6.30. The first-order valence-electron chi connectivity index (χ1n) is 3.22. The lowest BCUT2D eigenvalue weighted by molar-refractivity contribution is 0.652. The van der Waals surface area contributed by atoms with Crippen molar-refractivity contribution in [2.45, 2.75) is 13.2 Å². The molecule has 47 valence electrons. The third kappa shape index (κ3) is 1.38. The van der Waals surface area contributed by atoms with Gasteiger partial charge in [0.2, 0.25) is 7.41 Å². The van der Waals surface area contributed by atoms with Gasteiger partial charge in [-0.1, -0.05) is 19.0 Å². The van der Waals surface area contributed by atoms with E-state index in [0.29, 0.717) is 0 Å². The Bertz CT molecular complexity index is 149. The Kier molecular flexibility index (Phi) is 1.98. The second kappa shape index (κ2) is 2.76. The fourth-order valence-electron chi connectivity index (χ4n) is 0.863. The highest BCUT2D eigenvalue weighted by atomic mass is 15.0. The zero-order valence-corrected chi connectivity index (χ0v) is 5.96. The monoisotopic (exact) mass is 120 g/mol. The Morgan fingerprint density at radius 2 is 2.44 bits per heavy atom. The van der Waals surface area contributed by atoms with Crippen LogP contribution >= 0.6 is 0 Å². The third-order valence-corrected chi connectivity index (χ3v) is 1.59. The quantitative estimate of drug-likeness (QED) is 0.498. The van der Waals surface area contributed by atoms with E-state index in [2.05, 4.69) is 37.5 Å². The van der Waals surface area contributed by atoms with Crippen LogP contribution in [-0.2, 0) is 0 Å². The normalized spacial score (nSPS) is 15.6. The molecule has 1 rings (SSSR count). The predicted molar refractivity (Wildman–Crippen MR) is 41.2 cm³/mol. The van der Waals surface area contributed by atoms with E-state index < -0.39 is 0 Å². The molecule has 0 aromatic carbocycles. The van der Waals surface area contributed by atoms with Crippen molar-refractivity contribution in [2.24, 2.45) is 0 Å². The van der Waals surface area contributed by atoms with Crippen LogP contribution in [0, 0.1) is 0 Å². The van der Waals surface area contributed by atoms with Crippen molar-refractivity contribution >= 4 is 7.41 Å². The summed E-state index contributed by atoms with van der Waals surface area (Å²) in [5.41, 5.74) is 1.37. The van der Waals surface area contributed by atoms with Crippen LogP contribution in [-0.4, -0.2) is 19.3 Å². The molecule has 0 unspecified atom stereocenters. The van der Waals surface area contributed by atoms with Crippen LogP contribution < -0.4 is 0 Å². The summed E-state index contributed by atoms with van der Waals surface area (Å²) >= 11 is 0. The molecular weight excluding hydrogens is 109 g/mol. The smallest absolute Gasteiger partial charge is 0.242 e. The minimum atomic E-state index is 1.08. The van der Waals surface area contributed by atoms with Gasteiger partial charge in [0, 0.05) is 12.1 Å². The molecule has 1 nitrogen and oxygen atoms in total. The lowest BCUT2D eigenvalue weighted by atomic mass is 9.96. The molecule has 0 N–H and O–H groups in total. The van der Waals surface area contributed by atoms with Gasteiger partial charge in [-0.15, -0.1) is 0 Å². The lowest BCUT2D eigenvalue weighted by Gasteiger charge is -2.16. The number of rotatable bonds is 2. The third-order valence-electron chi connectivity index (χ3n) is 1.59. The molecule has 0 atom stereocenters. The maximum absolute atomic E-state index is 2.16. The van der Waals surface area contributed by atoms with Gasteiger partial charge in [0.1, 0.15) is 0 Å². The SMILES string of the molecule is C[B]N(C)C1=CC=CC1. The number of nitrogens with zero attached hydrogens (tertiary/aromatic N) is 1. The van der Waals surface area contributed by atoms with Gasteiger partial charge in [-0.2, -0.15) is 0 Å². The van der Waals surface area contributed by atoms with Gasteiger partial charge in [-0.3, -0.25) is 0 Å².